The van der Waals surface area contributed by atoms with Crippen molar-refractivity contribution in [3.63, 3.8) is 0 Å². The van der Waals surface area contributed by atoms with Gasteiger partial charge >= 0.3 is 6.18 Å². The van der Waals surface area contributed by atoms with Crippen LogP contribution >= 0.6 is 11.8 Å². The second kappa shape index (κ2) is 8.91. The third-order valence-electron chi connectivity index (χ3n) is 3.47. The molecule has 4 nitrogen and oxygen atoms in total. The largest absolute Gasteiger partial charge is 0.417 e. The molecule has 0 unspecified atom stereocenters. The number of benzene rings is 1. The Kier molecular flexibility index (Phi) is 6.86. The van der Waals surface area contributed by atoms with Crippen molar-refractivity contribution in [2.45, 2.75) is 37.5 Å². The summed E-state index contributed by atoms with van der Waals surface area (Å²) >= 11 is 0.831. The molecule has 0 saturated carbocycles. The third-order valence-corrected chi connectivity index (χ3v) is 4.45. The van der Waals surface area contributed by atoms with E-state index in [0.29, 0.717) is 0 Å². The summed E-state index contributed by atoms with van der Waals surface area (Å²) in [5.74, 6) is -0.450. The Morgan fingerprint density at radius 3 is 2.52 bits per heavy atom. The van der Waals surface area contributed by atoms with Crippen molar-refractivity contribution in [1.29, 1.82) is 5.26 Å². The van der Waals surface area contributed by atoms with E-state index in [2.05, 4.69) is 10.3 Å². The SMILES string of the molecule is CC(C)NC(=O)CSc1nc(Cc2ccccc2)cc(C(F)(F)F)c1C#N. The molecule has 2 rings (SSSR count). The van der Waals surface area contributed by atoms with Gasteiger partial charge in [-0.1, -0.05) is 42.1 Å². The number of thioether (sulfide) groups is 1. The molecule has 0 fully saturated rings. The van der Waals surface area contributed by atoms with Crippen molar-refractivity contribution in [1.82, 2.24) is 10.3 Å². The van der Waals surface area contributed by atoms with Crippen LogP contribution < -0.4 is 5.32 Å². The van der Waals surface area contributed by atoms with Crippen molar-refractivity contribution in [3.05, 3.63) is 58.8 Å². The molecule has 0 atom stereocenters. The number of halogens is 3. The molecule has 0 saturated heterocycles. The second-order valence-corrected chi connectivity index (χ2v) is 7.09. The van der Waals surface area contributed by atoms with Gasteiger partial charge in [-0.3, -0.25) is 4.79 Å². The van der Waals surface area contributed by atoms with E-state index in [1.54, 1.807) is 44.2 Å². The number of nitrogens with zero attached hydrogens (tertiary/aromatic N) is 2. The molecule has 0 aliphatic carbocycles. The number of carbonyl (C=O) groups excluding carboxylic acids is 1. The molecular weight excluding hydrogens is 375 g/mol. The Labute approximate surface area is 159 Å². The number of carbonyl (C=O) groups is 1. The fraction of sp³-hybridized carbons (Fsp3) is 0.316. The lowest BCUT2D eigenvalue weighted by atomic mass is 10.0. The average molecular weight is 393 g/mol. The van der Waals surface area contributed by atoms with Gasteiger partial charge in [-0.05, 0) is 25.5 Å². The molecule has 1 amide bonds. The minimum absolute atomic E-state index is 0.0860. The fourth-order valence-corrected chi connectivity index (χ4v) is 3.23. The Morgan fingerprint density at radius 1 is 1.30 bits per heavy atom. The van der Waals surface area contributed by atoms with E-state index in [1.807, 2.05) is 6.07 Å². The summed E-state index contributed by atoms with van der Waals surface area (Å²) in [6.07, 6.45) is -4.49. The zero-order valence-electron chi connectivity index (χ0n) is 14.8. The zero-order valence-corrected chi connectivity index (χ0v) is 15.6. The van der Waals surface area contributed by atoms with Crippen LogP contribution in [-0.4, -0.2) is 22.7 Å². The summed E-state index contributed by atoms with van der Waals surface area (Å²) < 4.78 is 40.3. The predicted molar refractivity (Wildman–Crippen MR) is 97.2 cm³/mol. The number of hydrogen-bond acceptors (Lipinski definition) is 4. The highest BCUT2D eigenvalue weighted by Crippen LogP contribution is 2.36. The maximum atomic E-state index is 13.4. The Bertz CT molecular complexity index is 846. The number of nitriles is 1. The van der Waals surface area contributed by atoms with Crippen LogP contribution in [0.2, 0.25) is 0 Å². The van der Waals surface area contributed by atoms with Gasteiger partial charge in [-0.15, -0.1) is 0 Å². The first-order valence-corrected chi connectivity index (χ1v) is 9.16. The highest BCUT2D eigenvalue weighted by molar-refractivity contribution is 8.00. The van der Waals surface area contributed by atoms with Gasteiger partial charge in [0.2, 0.25) is 5.91 Å². The predicted octanol–water partition coefficient (Wildman–Crippen LogP) is 4.18. The van der Waals surface area contributed by atoms with Crippen LogP contribution in [0, 0.1) is 11.3 Å². The van der Waals surface area contributed by atoms with Crippen molar-refractivity contribution >= 4 is 17.7 Å². The molecule has 0 aliphatic heterocycles. The van der Waals surface area contributed by atoms with Gasteiger partial charge in [0.1, 0.15) is 11.1 Å². The lowest BCUT2D eigenvalue weighted by molar-refractivity contribution is -0.138. The monoisotopic (exact) mass is 393 g/mol. The Hall–Kier alpha value is -2.53. The molecule has 1 aromatic heterocycles. The number of amides is 1. The van der Waals surface area contributed by atoms with Crippen LogP contribution in [0.3, 0.4) is 0 Å². The molecular formula is C19H18F3N3OS. The van der Waals surface area contributed by atoms with Crippen LogP contribution in [0.25, 0.3) is 0 Å². The van der Waals surface area contributed by atoms with E-state index >= 15 is 0 Å². The van der Waals surface area contributed by atoms with E-state index in [1.165, 1.54) is 0 Å². The molecule has 0 aliphatic rings. The van der Waals surface area contributed by atoms with Crippen molar-refractivity contribution in [2.24, 2.45) is 0 Å². The van der Waals surface area contributed by atoms with E-state index in [-0.39, 0.29) is 34.8 Å². The van der Waals surface area contributed by atoms with Crippen molar-refractivity contribution in [2.75, 3.05) is 5.75 Å². The van der Waals surface area contributed by atoms with Crippen LogP contribution in [0.4, 0.5) is 13.2 Å². The number of alkyl halides is 3. The molecule has 27 heavy (non-hydrogen) atoms. The fourth-order valence-electron chi connectivity index (χ4n) is 2.40. The maximum Gasteiger partial charge on any atom is 0.417 e. The highest BCUT2D eigenvalue weighted by atomic mass is 32.2. The molecule has 2 aromatic rings. The summed E-state index contributed by atoms with van der Waals surface area (Å²) in [4.78, 5) is 16.0. The summed E-state index contributed by atoms with van der Waals surface area (Å²) in [5.41, 5.74) is -0.588. The van der Waals surface area contributed by atoms with E-state index in [0.717, 1.165) is 23.4 Å². The summed E-state index contributed by atoms with van der Waals surface area (Å²) in [7, 11) is 0. The molecule has 0 spiro atoms. The van der Waals surface area contributed by atoms with Gasteiger partial charge in [0.05, 0.1) is 16.9 Å². The van der Waals surface area contributed by atoms with Gasteiger partial charge in [-0.25, -0.2) is 4.98 Å². The smallest absolute Gasteiger partial charge is 0.353 e. The molecule has 0 radical (unpaired) electrons. The second-order valence-electron chi connectivity index (χ2n) is 6.12. The first-order valence-electron chi connectivity index (χ1n) is 8.18. The topological polar surface area (TPSA) is 65.8 Å². The van der Waals surface area contributed by atoms with Crippen LogP contribution in [0.1, 0.15) is 36.2 Å². The molecule has 1 N–H and O–H groups in total. The average Bonchev–Trinajstić information content (AvgIpc) is 2.59. The summed E-state index contributed by atoms with van der Waals surface area (Å²) in [6, 6.07) is 11.4. The summed E-state index contributed by atoms with van der Waals surface area (Å²) in [6.45, 7) is 3.56. The van der Waals surface area contributed by atoms with Crippen molar-refractivity contribution < 1.29 is 18.0 Å². The highest BCUT2D eigenvalue weighted by Gasteiger charge is 2.36. The quantitative estimate of drug-likeness (QED) is 0.748. The van der Waals surface area contributed by atoms with E-state index in [4.69, 9.17) is 0 Å². The molecule has 8 heteroatoms. The summed E-state index contributed by atoms with van der Waals surface area (Å²) in [5, 5.41) is 11.8. The lowest BCUT2D eigenvalue weighted by Gasteiger charge is -2.14. The number of rotatable bonds is 6. The van der Waals surface area contributed by atoms with Gasteiger partial charge in [0, 0.05) is 18.2 Å². The van der Waals surface area contributed by atoms with Crippen LogP contribution in [-0.2, 0) is 17.4 Å². The standard InChI is InChI=1S/C19H18F3N3OS/c1-12(2)24-17(26)11-27-18-15(10-23)16(19(20,21)22)9-14(25-18)8-13-6-4-3-5-7-13/h3-7,9,12H,8,11H2,1-2H3,(H,24,26). The third kappa shape index (κ3) is 6.00. The van der Waals surface area contributed by atoms with E-state index < -0.39 is 17.3 Å². The normalized spacial score (nSPS) is 11.3. The number of nitrogens with one attached hydrogen (secondary N) is 1. The first-order chi connectivity index (χ1) is 12.7. The van der Waals surface area contributed by atoms with Gasteiger partial charge < -0.3 is 5.32 Å². The van der Waals surface area contributed by atoms with Gasteiger partial charge in [0.25, 0.3) is 0 Å². The van der Waals surface area contributed by atoms with Crippen LogP contribution in [0.5, 0.6) is 0 Å². The Morgan fingerprint density at radius 2 is 1.96 bits per heavy atom. The molecule has 1 aromatic carbocycles. The minimum atomic E-state index is -4.69. The maximum absolute atomic E-state index is 13.4. The molecule has 1 heterocycles. The zero-order chi connectivity index (χ0) is 20.0. The number of hydrogen-bond donors (Lipinski definition) is 1. The minimum Gasteiger partial charge on any atom is -0.353 e. The number of pyridine rings is 1. The Balaban J connectivity index is 2.39. The first kappa shape index (κ1) is 20.8. The lowest BCUT2D eigenvalue weighted by Crippen LogP contribution is -2.31. The molecule has 142 valence electrons. The van der Waals surface area contributed by atoms with Gasteiger partial charge in [0.15, 0.2) is 0 Å². The number of aromatic nitrogens is 1. The molecule has 0 bridgehead atoms. The van der Waals surface area contributed by atoms with E-state index in [9.17, 15) is 23.2 Å². The van der Waals surface area contributed by atoms with Crippen molar-refractivity contribution in [3.8, 4) is 6.07 Å². The van der Waals surface area contributed by atoms with Crippen LogP contribution in [0.15, 0.2) is 41.4 Å². The van der Waals surface area contributed by atoms with Gasteiger partial charge in [-0.2, -0.15) is 18.4 Å².